The Morgan fingerprint density at radius 3 is 2.65 bits per heavy atom. The Bertz CT molecular complexity index is 1050. The van der Waals surface area contributed by atoms with Gasteiger partial charge in [0.2, 0.25) is 0 Å². The monoisotopic (exact) mass is 510 g/mol. The number of halogens is 1. The summed E-state index contributed by atoms with van der Waals surface area (Å²) < 4.78 is 39.4. The van der Waals surface area contributed by atoms with Gasteiger partial charge in [-0.05, 0) is 85.3 Å². The summed E-state index contributed by atoms with van der Waals surface area (Å²) in [6.45, 7) is 5.21. The van der Waals surface area contributed by atoms with Crippen LogP contribution in [-0.2, 0) is 26.0 Å². The molecule has 0 saturated carbocycles. The highest BCUT2D eigenvalue weighted by Gasteiger charge is 2.34. The zero-order valence-corrected chi connectivity index (χ0v) is 20.5. The number of fused-ring (bicyclic) bond motifs is 1. The molecular weight excluding hydrogens is 484 g/mol. The van der Waals surface area contributed by atoms with Crippen molar-refractivity contribution in [1.82, 2.24) is 9.29 Å². The molecule has 0 saturated heterocycles. The van der Waals surface area contributed by atoms with Crippen LogP contribution in [0.15, 0.2) is 46.0 Å². The average molecular weight is 511 g/mol. The van der Waals surface area contributed by atoms with Gasteiger partial charge in [0, 0.05) is 17.7 Å². The van der Waals surface area contributed by atoms with Crippen LogP contribution in [0.3, 0.4) is 0 Å². The van der Waals surface area contributed by atoms with Crippen LogP contribution in [0.1, 0.15) is 50.8 Å². The van der Waals surface area contributed by atoms with Gasteiger partial charge in [-0.2, -0.15) is 4.31 Å². The molecule has 1 aromatic carbocycles. The van der Waals surface area contributed by atoms with Gasteiger partial charge in [0.15, 0.2) is 11.6 Å². The van der Waals surface area contributed by atoms with Crippen LogP contribution in [0.25, 0.3) is 0 Å². The van der Waals surface area contributed by atoms with E-state index in [-0.39, 0.29) is 17.7 Å². The van der Waals surface area contributed by atoms with Crippen LogP contribution in [0, 0.1) is 0 Å². The Labute approximate surface area is 191 Å². The molecule has 0 N–H and O–H groups in total. The van der Waals surface area contributed by atoms with Gasteiger partial charge in [-0.1, -0.05) is 12.1 Å². The average Bonchev–Trinajstić information content (AvgIpc) is 2.70. The van der Waals surface area contributed by atoms with Crippen LogP contribution < -0.4 is 4.74 Å². The second kappa shape index (κ2) is 9.26. The number of carbonyl (C=O) groups is 1. The van der Waals surface area contributed by atoms with Gasteiger partial charge in [-0.3, -0.25) is 0 Å². The number of esters is 1. The summed E-state index contributed by atoms with van der Waals surface area (Å²) in [4.78, 5) is 16.1. The number of ether oxygens (including phenoxy) is 2. The molecule has 1 atom stereocenters. The van der Waals surface area contributed by atoms with Crippen LogP contribution in [0.4, 0.5) is 0 Å². The first-order valence-electron chi connectivity index (χ1n) is 10.0. The Balaban J connectivity index is 1.83. The van der Waals surface area contributed by atoms with E-state index in [1.54, 1.807) is 40.0 Å². The molecular formula is C22H27BrN2O5S. The molecule has 3 rings (SSSR count). The normalized spacial score (nSPS) is 16.6. The van der Waals surface area contributed by atoms with Crippen molar-refractivity contribution in [1.29, 1.82) is 0 Å². The first-order valence-corrected chi connectivity index (χ1v) is 12.3. The largest absolute Gasteiger partial charge is 0.482 e. The number of nitrogens with zero attached hydrogens (tertiary/aromatic N) is 2. The van der Waals surface area contributed by atoms with Crippen molar-refractivity contribution in [2.24, 2.45) is 0 Å². The highest BCUT2D eigenvalue weighted by Crippen LogP contribution is 2.40. The van der Waals surface area contributed by atoms with E-state index in [2.05, 4.69) is 20.9 Å². The summed E-state index contributed by atoms with van der Waals surface area (Å²) in [5.41, 5.74) is 1.23. The fourth-order valence-electron chi connectivity index (χ4n) is 3.64. The third-order valence-corrected chi connectivity index (χ3v) is 7.23. The maximum Gasteiger partial charge on any atom is 0.344 e. The van der Waals surface area contributed by atoms with Crippen molar-refractivity contribution in [3.63, 3.8) is 0 Å². The summed E-state index contributed by atoms with van der Waals surface area (Å²) in [7, 11) is -2.19. The van der Waals surface area contributed by atoms with Crippen LogP contribution in [0.5, 0.6) is 5.75 Å². The lowest BCUT2D eigenvalue weighted by atomic mass is 9.87. The van der Waals surface area contributed by atoms with Gasteiger partial charge in [0.25, 0.3) is 10.0 Å². The summed E-state index contributed by atoms with van der Waals surface area (Å²) in [5.74, 6) is 0.138. The van der Waals surface area contributed by atoms with Crippen molar-refractivity contribution >= 4 is 31.9 Å². The van der Waals surface area contributed by atoms with E-state index in [9.17, 15) is 13.2 Å². The smallest absolute Gasteiger partial charge is 0.344 e. The molecule has 168 valence electrons. The van der Waals surface area contributed by atoms with Gasteiger partial charge in [0.1, 0.15) is 11.4 Å². The van der Waals surface area contributed by atoms with Crippen molar-refractivity contribution < 1.29 is 22.7 Å². The second-order valence-corrected chi connectivity index (χ2v) is 11.3. The summed E-state index contributed by atoms with van der Waals surface area (Å²) >= 11 is 3.28. The molecule has 31 heavy (non-hydrogen) atoms. The fraction of sp³-hybridized carbons (Fsp3) is 0.455. The Hall–Kier alpha value is -1.97. The van der Waals surface area contributed by atoms with E-state index in [4.69, 9.17) is 9.47 Å². The first kappa shape index (κ1) is 23.7. The number of pyridine rings is 1. The maximum atomic E-state index is 13.1. The third kappa shape index (κ3) is 5.64. The Morgan fingerprint density at radius 2 is 2.00 bits per heavy atom. The van der Waals surface area contributed by atoms with Crippen molar-refractivity contribution in [3.8, 4) is 5.75 Å². The lowest BCUT2D eigenvalue weighted by Gasteiger charge is -2.33. The Kier molecular flexibility index (Phi) is 7.08. The maximum absolute atomic E-state index is 13.1. The van der Waals surface area contributed by atoms with Crippen LogP contribution >= 0.6 is 15.9 Å². The highest BCUT2D eigenvalue weighted by atomic mass is 79.9. The summed E-state index contributed by atoms with van der Waals surface area (Å²) in [5, 5.41) is 0.00246. The number of carbonyl (C=O) groups excluding carboxylic acids is 1. The van der Waals surface area contributed by atoms with E-state index in [1.165, 1.54) is 16.6 Å². The minimum atomic E-state index is -3.77. The molecule has 1 aromatic heterocycles. The number of hydrogen-bond acceptors (Lipinski definition) is 6. The van der Waals surface area contributed by atoms with Gasteiger partial charge in [-0.25, -0.2) is 18.2 Å². The predicted octanol–water partition coefficient (Wildman–Crippen LogP) is 4.26. The van der Waals surface area contributed by atoms with E-state index >= 15 is 0 Å². The van der Waals surface area contributed by atoms with Crippen LogP contribution in [-0.4, -0.2) is 42.9 Å². The van der Waals surface area contributed by atoms with Gasteiger partial charge < -0.3 is 9.47 Å². The number of rotatable bonds is 6. The van der Waals surface area contributed by atoms with Crippen LogP contribution in [0.2, 0.25) is 0 Å². The molecule has 7 nitrogen and oxygen atoms in total. The van der Waals surface area contributed by atoms with Crippen molar-refractivity contribution in [3.05, 3.63) is 52.1 Å². The molecule has 0 radical (unpaired) electrons. The zero-order valence-electron chi connectivity index (χ0n) is 18.1. The predicted molar refractivity (Wildman–Crippen MR) is 120 cm³/mol. The van der Waals surface area contributed by atoms with Crippen molar-refractivity contribution in [2.75, 3.05) is 13.7 Å². The third-order valence-electron chi connectivity index (χ3n) is 4.98. The number of hydrogen-bond donors (Lipinski definition) is 0. The Morgan fingerprint density at radius 1 is 1.26 bits per heavy atom. The zero-order chi connectivity index (χ0) is 22.8. The lowest BCUT2D eigenvalue weighted by Crippen LogP contribution is -2.34. The molecule has 0 amide bonds. The molecule has 0 unspecified atom stereocenters. The molecule has 1 aliphatic carbocycles. The minimum absolute atomic E-state index is 0.00246. The summed E-state index contributed by atoms with van der Waals surface area (Å²) in [6.07, 6.45) is 3.71. The van der Waals surface area contributed by atoms with E-state index in [1.807, 2.05) is 12.1 Å². The van der Waals surface area contributed by atoms with Crippen molar-refractivity contribution in [2.45, 2.75) is 56.7 Å². The lowest BCUT2D eigenvalue weighted by molar-refractivity contribution is -0.157. The van der Waals surface area contributed by atoms with Gasteiger partial charge >= 0.3 is 5.97 Å². The second-order valence-electron chi connectivity index (χ2n) is 8.44. The number of aromatic nitrogens is 1. The molecule has 0 fully saturated rings. The molecule has 0 aliphatic heterocycles. The SMILES string of the molecule is CN([C@@H]1CCCc2c(OCC(=O)OC(C)(C)C)cccc21)S(=O)(=O)c1ccc(Br)cn1. The first-order chi connectivity index (χ1) is 14.5. The standard InChI is InChI=1S/C22H27BrN2O5S/c1-22(2,3)30-21(26)14-29-19-10-6-7-16-17(19)8-5-9-18(16)25(4)31(27,28)20-12-11-15(23)13-24-20/h6-7,10-13,18H,5,8-9,14H2,1-4H3/t18-/m1/s1. The quantitative estimate of drug-likeness (QED) is 0.539. The topological polar surface area (TPSA) is 85.8 Å². The van der Waals surface area contributed by atoms with E-state index in [0.717, 1.165) is 24.0 Å². The highest BCUT2D eigenvalue weighted by molar-refractivity contribution is 9.10. The minimum Gasteiger partial charge on any atom is -0.482 e. The molecule has 1 heterocycles. The van der Waals surface area contributed by atoms with E-state index in [0.29, 0.717) is 16.6 Å². The molecule has 0 bridgehead atoms. The van der Waals surface area contributed by atoms with Gasteiger partial charge in [0.05, 0.1) is 6.04 Å². The molecule has 1 aliphatic rings. The molecule has 0 spiro atoms. The number of sulfonamides is 1. The van der Waals surface area contributed by atoms with E-state index < -0.39 is 21.6 Å². The summed E-state index contributed by atoms with van der Waals surface area (Å²) in [6, 6.07) is 8.34. The number of benzene rings is 1. The molecule has 9 heteroatoms. The van der Waals surface area contributed by atoms with Gasteiger partial charge in [-0.15, -0.1) is 0 Å². The fourth-order valence-corrected chi connectivity index (χ4v) is 5.15. The molecule has 2 aromatic rings.